The van der Waals surface area contributed by atoms with E-state index < -0.39 is 0 Å². The summed E-state index contributed by atoms with van der Waals surface area (Å²) in [5.74, 6) is 1.35. The summed E-state index contributed by atoms with van der Waals surface area (Å²) in [5, 5.41) is 3.02. The number of anilines is 1. The number of hydrogen-bond donors (Lipinski definition) is 1. The van der Waals surface area contributed by atoms with Crippen LogP contribution in [0.1, 0.15) is 16.9 Å². The standard InChI is InChI=1S/C14H18FN3O/c1-10-11(4-5-19-10)9-18(3)14-12(7-16-2)6-13(15)8-17-14/h4-6,8,16H,7,9H2,1-3H3. The molecule has 1 N–H and O–H groups in total. The van der Waals surface area contributed by atoms with Crippen LogP contribution in [0.15, 0.2) is 29.0 Å². The summed E-state index contributed by atoms with van der Waals surface area (Å²) in [7, 11) is 3.76. The quantitative estimate of drug-likeness (QED) is 0.899. The SMILES string of the molecule is CNCc1cc(F)cnc1N(C)Cc1ccoc1C. The lowest BCUT2D eigenvalue weighted by molar-refractivity contribution is 0.529. The zero-order chi connectivity index (χ0) is 13.8. The van der Waals surface area contributed by atoms with Crippen LogP contribution in [0.5, 0.6) is 0 Å². The van der Waals surface area contributed by atoms with Crippen molar-refractivity contribution in [1.29, 1.82) is 0 Å². The van der Waals surface area contributed by atoms with Gasteiger partial charge < -0.3 is 14.6 Å². The third-order valence-electron chi connectivity index (χ3n) is 3.01. The van der Waals surface area contributed by atoms with Gasteiger partial charge in [-0.1, -0.05) is 0 Å². The van der Waals surface area contributed by atoms with Gasteiger partial charge in [0.1, 0.15) is 17.4 Å². The average molecular weight is 263 g/mol. The molecule has 0 aliphatic carbocycles. The molecule has 0 unspecified atom stereocenters. The van der Waals surface area contributed by atoms with Gasteiger partial charge in [0.2, 0.25) is 0 Å². The first-order valence-corrected chi connectivity index (χ1v) is 6.15. The summed E-state index contributed by atoms with van der Waals surface area (Å²) in [5.41, 5.74) is 1.94. The number of halogens is 1. The predicted molar refractivity (Wildman–Crippen MR) is 72.5 cm³/mol. The van der Waals surface area contributed by atoms with E-state index in [9.17, 15) is 4.39 Å². The third kappa shape index (κ3) is 3.12. The second-order valence-corrected chi connectivity index (χ2v) is 4.52. The fourth-order valence-corrected chi connectivity index (χ4v) is 2.04. The zero-order valence-electron chi connectivity index (χ0n) is 11.4. The molecule has 102 valence electrons. The highest BCUT2D eigenvalue weighted by Gasteiger charge is 2.12. The molecule has 0 saturated heterocycles. The molecule has 0 bridgehead atoms. The smallest absolute Gasteiger partial charge is 0.141 e. The number of rotatable bonds is 5. The Labute approximate surface area is 112 Å². The first-order valence-electron chi connectivity index (χ1n) is 6.15. The Morgan fingerprint density at radius 1 is 1.42 bits per heavy atom. The highest BCUT2D eigenvalue weighted by Crippen LogP contribution is 2.20. The van der Waals surface area contributed by atoms with Crippen LogP contribution < -0.4 is 10.2 Å². The van der Waals surface area contributed by atoms with Gasteiger partial charge in [-0.25, -0.2) is 9.37 Å². The average Bonchev–Trinajstić information content (AvgIpc) is 2.75. The van der Waals surface area contributed by atoms with Crippen molar-refractivity contribution in [2.45, 2.75) is 20.0 Å². The molecule has 5 heteroatoms. The first kappa shape index (κ1) is 13.5. The number of furan rings is 1. The molecule has 0 fully saturated rings. The molecule has 0 spiro atoms. The Morgan fingerprint density at radius 2 is 2.21 bits per heavy atom. The summed E-state index contributed by atoms with van der Waals surface area (Å²) in [6, 6.07) is 3.45. The summed E-state index contributed by atoms with van der Waals surface area (Å²) >= 11 is 0. The number of aromatic nitrogens is 1. The molecule has 0 aliphatic heterocycles. The Balaban J connectivity index is 2.23. The molecule has 0 aromatic carbocycles. The van der Waals surface area contributed by atoms with Gasteiger partial charge >= 0.3 is 0 Å². The van der Waals surface area contributed by atoms with E-state index in [4.69, 9.17) is 4.42 Å². The summed E-state index contributed by atoms with van der Waals surface area (Å²) in [6.45, 7) is 3.18. The van der Waals surface area contributed by atoms with Crippen molar-refractivity contribution in [3.63, 3.8) is 0 Å². The van der Waals surface area contributed by atoms with E-state index in [1.54, 1.807) is 6.26 Å². The van der Waals surface area contributed by atoms with Gasteiger partial charge in [-0.15, -0.1) is 0 Å². The Hall–Kier alpha value is -1.88. The van der Waals surface area contributed by atoms with E-state index in [-0.39, 0.29) is 5.82 Å². The highest BCUT2D eigenvalue weighted by atomic mass is 19.1. The molecule has 0 aliphatic rings. The van der Waals surface area contributed by atoms with Crippen LogP contribution in [0.25, 0.3) is 0 Å². The molecule has 0 saturated carbocycles. The molecule has 2 aromatic rings. The third-order valence-corrected chi connectivity index (χ3v) is 3.01. The van der Waals surface area contributed by atoms with Crippen LogP contribution in [0.4, 0.5) is 10.2 Å². The molecule has 0 atom stereocenters. The van der Waals surface area contributed by atoms with E-state index in [0.29, 0.717) is 13.1 Å². The number of aryl methyl sites for hydroxylation is 1. The lowest BCUT2D eigenvalue weighted by Gasteiger charge is -2.21. The van der Waals surface area contributed by atoms with E-state index >= 15 is 0 Å². The Morgan fingerprint density at radius 3 is 2.84 bits per heavy atom. The van der Waals surface area contributed by atoms with Crippen LogP contribution in [0, 0.1) is 12.7 Å². The van der Waals surface area contributed by atoms with Gasteiger partial charge in [0.05, 0.1) is 12.5 Å². The van der Waals surface area contributed by atoms with Crippen LogP contribution in [-0.4, -0.2) is 19.1 Å². The van der Waals surface area contributed by atoms with Crippen LogP contribution in [0.2, 0.25) is 0 Å². The minimum absolute atomic E-state index is 0.318. The first-order chi connectivity index (χ1) is 9.11. The van der Waals surface area contributed by atoms with Crippen LogP contribution in [-0.2, 0) is 13.1 Å². The molecule has 2 rings (SSSR count). The highest BCUT2D eigenvalue weighted by molar-refractivity contribution is 5.47. The summed E-state index contributed by atoms with van der Waals surface area (Å²) in [4.78, 5) is 6.18. The Bertz CT molecular complexity index is 553. The van der Waals surface area contributed by atoms with Crippen molar-refractivity contribution in [2.75, 3.05) is 19.0 Å². The summed E-state index contributed by atoms with van der Waals surface area (Å²) in [6.07, 6.45) is 2.92. The van der Waals surface area contributed by atoms with E-state index in [1.807, 2.05) is 32.0 Å². The maximum Gasteiger partial charge on any atom is 0.141 e. The molecule has 4 nitrogen and oxygen atoms in total. The largest absolute Gasteiger partial charge is 0.469 e. The van der Waals surface area contributed by atoms with Crippen molar-refractivity contribution in [1.82, 2.24) is 10.3 Å². The summed E-state index contributed by atoms with van der Waals surface area (Å²) < 4.78 is 18.5. The second-order valence-electron chi connectivity index (χ2n) is 4.52. The normalized spacial score (nSPS) is 10.7. The van der Waals surface area contributed by atoms with E-state index in [1.165, 1.54) is 12.3 Å². The van der Waals surface area contributed by atoms with Crippen molar-refractivity contribution in [2.24, 2.45) is 0 Å². The lowest BCUT2D eigenvalue weighted by Crippen LogP contribution is -2.21. The minimum atomic E-state index is -0.318. The number of nitrogens with zero attached hydrogens (tertiary/aromatic N) is 2. The second kappa shape index (κ2) is 5.84. The maximum absolute atomic E-state index is 13.3. The topological polar surface area (TPSA) is 41.3 Å². The minimum Gasteiger partial charge on any atom is -0.469 e. The molecular formula is C14H18FN3O. The number of nitrogens with one attached hydrogen (secondary N) is 1. The Kier molecular flexibility index (Phi) is 4.16. The fraction of sp³-hybridized carbons (Fsp3) is 0.357. The molecule has 0 radical (unpaired) electrons. The van der Waals surface area contributed by atoms with Crippen molar-refractivity contribution in [3.05, 3.63) is 47.3 Å². The van der Waals surface area contributed by atoms with Crippen molar-refractivity contribution >= 4 is 5.82 Å². The van der Waals surface area contributed by atoms with Crippen LogP contribution >= 0.6 is 0 Å². The van der Waals surface area contributed by atoms with E-state index in [0.717, 1.165) is 22.7 Å². The zero-order valence-corrected chi connectivity index (χ0v) is 11.4. The monoisotopic (exact) mass is 263 g/mol. The van der Waals surface area contributed by atoms with Gasteiger partial charge in [-0.2, -0.15) is 0 Å². The molecule has 19 heavy (non-hydrogen) atoms. The van der Waals surface area contributed by atoms with Gasteiger partial charge in [-0.05, 0) is 26.1 Å². The van der Waals surface area contributed by atoms with Crippen molar-refractivity contribution in [3.8, 4) is 0 Å². The van der Waals surface area contributed by atoms with Crippen LogP contribution in [0.3, 0.4) is 0 Å². The van der Waals surface area contributed by atoms with Gasteiger partial charge in [0.15, 0.2) is 0 Å². The van der Waals surface area contributed by atoms with Gasteiger partial charge in [-0.3, -0.25) is 0 Å². The lowest BCUT2D eigenvalue weighted by atomic mass is 10.2. The van der Waals surface area contributed by atoms with E-state index in [2.05, 4.69) is 10.3 Å². The molecule has 0 amide bonds. The molecule has 2 aromatic heterocycles. The van der Waals surface area contributed by atoms with Gasteiger partial charge in [0.25, 0.3) is 0 Å². The number of pyridine rings is 1. The van der Waals surface area contributed by atoms with Gasteiger partial charge in [0, 0.05) is 31.3 Å². The molecule has 2 heterocycles. The fourth-order valence-electron chi connectivity index (χ4n) is 2.04. The maximum atomic E-state index is 13.3. The van der Waals surface area contributed by atoms with Crippen molar-refractivity contribution < 1.29 is 8.81 Å². The predicted octanol–water partition coefficient (Wildman–Crippen LogP) is 2.48. The molecular weight excluding hydrogens is 245 g/mol. The number of hydrogen-bond acceptors (Lipinski definition) is 4.